The molecule has 2 saturated carbocycles. The van der Waals surface area contributed by atoms with Crippen LogP contribution in [-0.4, -0.2) is 13.0 Å². The zero-order valence-electron chi connectivity index (χ0n) is 9.50. The molecule has 3 atom stereocenters. The van der Waals surface area contributed by atoms with Gasteiger partial charge in [-0.3, -0.25) is 9.63 Å². The highest BCUT2D eigenvalue weighted by Gasteiger charge is 2.34. The molecule has 0 radical (unpaired) electrons. The van der Waals surface area contributed by atoms with Gasteiger partial charge in [-0.05, 0) is 31.1 Å². The summed E-state index contributed by atoms with van der Waals surface area (Å²) >= 11 is 0. The molecule has 0 aromatic heterocycles. The zero-order chi connectivity index (χ0) is 10.7. The van der Waals surface area contributed by atoms with Crippen LogP contribution < -0.4 is 5.48 Å². The summed E-state index contributed by atoms with van der Waals surface area (Å²) in [5.41, 5.74) is 2.47. The predicted molar refractivity (Wildman–Crippen MR) is 57.9 cm³/mol. The molecule has 3 unspecified atom stereocenters. The molecule has 3 heteroatoms. The maximum absolute atomic E-state index is 11.6. The maximum Gasteiger partial charge on any atom is 0.246 e. The van der Waals surface area contributed by atoms with Crippen LogP contribution in [0.4, 0.5) is 0 Å². The highest BCUT2D eigenvalue weighted by atomic mass is 16.6. The average Bonchev–Trinajstić information content (AvgIpc) is 2.29. The van der Waals surface area contributed by atoms with Crippen LogP contribution in [0.25, 0.3) is 0 Å². The number of fused-ring (bicyclic) bond motifs is 1. The minimum atomic E-state index is 0.0847. The van der Waals surface area contributed by atoms with E-state index in [2.05, 4.69) is 5.48 Å². The smallest absolute Gasteiger partial charge is 0.246 e. The largest absolute Gasteiger partial charge is 0.277 e. The van der Waals surface area contributed by atoms with E-state index in [0.29, 0.717) is 0 Å². The Hall–Kier alpha value is -0.570. The molecule has 0 spiro atoms. The predicted octanol–water partition coefficient (Wildman–Crippen LogP) is 2.27. The Morgan fingerprint density at radius 2 is 1.87 bits per heavy atom. The van der Waals surface area contributed by atoms with E-state index in [0.717, 1.165) is 24.7 Å². The van der Waals surface area contributed by atoms with E-state index in [9.17, 15) is 4.79 Å². The second kappa shape index (κ2) is 4.97. The third kappa shape index (κ3) is 2.51. The lowest BCUT2D eigenvalue weighted by molar-refractivity contribution is -0.137. The number of rotatable bonds is 2. The molecular weight excluding hydrogens is 190 g/mol. The minimum Gasteiger partial charge on any atom is -0.277 e. The van der Waals surface area contributed by atoms with Gasteiger partial charge in [0.15, 0.2) is 0 Å². The van der Waals surface area contributed by atoms with Crippen molar-refractivity contribution in [1.82, 2.24) is 5.48 Å². The molecule has 0 aromatic rings. The molecule has 0 heterocycles. The lowest BCUT2D eigenvalue weighted by Gasteiger charge is -2.38. The van der Waals surface area contributed by atoms with Crippen molar-refractivity contribution in [2.24, 2.45) is 17.8 Å². The van der Waals surface area contributed by atoms with Crippen molar-refractivity contribution in [2.45, 2.75) is 44.9 Å². The highest BCUT2D eigenvalue weighted by molar-refractivity contribution is 5.77. The van der Waals surface area contributed by atoms with Crippen LogP contribution in [0.1, 0.15) is 44.9 Å². The van der Waals surface area contributed by atoms with E-state index in [1.165, 1.54) is 39.2 Å². The van der Waals surface area contributed by atoms with Crippen LogP contribution in [0.15, 0.2) is 0 Å². The fourth-order valence-corrected chi connectivity index (χ4v) is 3.30. The Labute approximate surface area is 91.5 Å². The molecular formula is C12H21NO2. The van der Waals surface area contributed by atoms with Crippen molar-refractivity contribution < 1.29 is 9.63 Å². The number of nitrogens with one attached hydrogen (secondary N) is 1. The first kappa shape index (κ1) is 10.9. The minimum absolute atomic E-state index is 0.0847. The molecule has 2 aliphatic carbocycles. The Morgan fingerprint density at radius 3 is 2.60 bits per heavy atom. The van der Waals surface area contributed by atoms with Crippen molar-refractivity contribution in [1.29, 1.82) is 0 Å². The lowest BCUT2D eigenvalue weighted by Crippen LogP contribution is -2.36. The van der Waals surface area contributed by atoms with Crippen LogP contribution in [-0.2, 0) is 9.63 Å². The van der Waals surface area contributed by atoms with E-state index in [1.54, 1.807) is 0 Å². The molecule has 0 aromatic carbocycles. The third-order valence-corrected chi connectivity index (χ3v) is 4.11. The number of hydroxylamine groups is 1. The van der Waals surface area contributed by atoms with Crippen LogP contribution in [0.3, 0.4) is 0 Å². The molecule has 1 N–H and O–H groups in total. The molecule has 2 aliphatic rings. The number of amides is 1. The van der Waals surface area contributed by atoms with Crippen molar-refractivity contribution in [3.05, 3.63) is 0 Å². The summed E-state index contributed by atoms with van der Waals surface area (Å²) in [7, 11) is 1.50. The molecule has 0 aliphatic heterocycles. The van der Waals surface area contributed by atoms with E-state index >= 15 is 0 Å². The molecule has 86 valence electrons. The normalized spacial score (nSPS) is 35.7. The van der Waals surface area contributed by atoms with Crippen molar-refractivity contribution in [3.8, 4) is 0 Å². The van der Waals surface area contributed by atoms with Gasteiger partial charge in [-0.25, -0.2) is 5.48 Å². The second-order valence-electron chi connectivity index (χ2n) is 4.99. The lowest BCUT2D eigenvalue weighted by atomic mass is 9.67. The zero-order valence-corrected chi connectivity index (χ0v) is 9.50. The topological polar surface area (TPSA) is 38.3 Å². The quantitative estimate of drug-likeness (QED) is 0.712. The van der Waals surface area contributed by atoms with Crippen LogP contribution >= 0.6 is 0 Å². The number of hydrogen-bond donors (Lipinski definition) is 1. The molecule has 2 fully saturated rings. The van der Waals surface area contributed by atoms with Crippen LogP contribution in [0, 0.1) is 17.8 Å². The summed E-state index contributed by atoms with van der Waals surface area (Å²) in [4.78, 5) is 16.3. The second-order valence-corrected chi connectivity index (χ2v) is 4.99. The fourth-order valence-electron chi connectivity index (χ4n) is 3.30. The Bertz CT molecular complexity index is 230. The van der Waals surface area contributed by atoms with Gasteiger partial charge in [0.25, 0.3) is 0 Å². The molecule has 3 nitrogen and oxygen atoms in total. The fraction of sp³-hybridized carbons (Fsp3) is 0.917. The van der Waals surface area contributed by atoms with Gasteiger partial charge in [-0.1, -0.05) is 25.7 Å². The van der Waals surface area contributed by atoms with E-state index in [4.69, 9.17) is 4.84 Å². The molecule has 2 rings (SSSR count). The van der Waals surface area contributed by atoms with E-state index in [1.807, 2.05) is 0 Å². The first-order valence-corrected chi connectivity index (χ1v) is 6.14. The van der Waals surface area contributed by atoms with Gasteiger partial charge >= 0.3 is 0 Å². The summed E-state index contributed by atoms with van der Waals surface area (Å²) in [5.74, 6) is 2.00. The van der Waals surface area contributed by atoms with Gasteiger partial charge < -0.3 is 0 Å². The Morgan fingerprint density at radius 1 is 1.13 bits per heavy atom. The molecule has 1 amide bonds. The Balaban J connectivity index is 1.87. The SMILES string of the molecule is CONC(=O)C1CCC2CCCCC2C1. The highest BCUT2D eigenvalue weighted by Crippen LogP contribution is 2.42. The molecule has 15 heavy (non-hydrogen) atoms. The standard InChI is InChI=1S/C12H21NO2/c1-15-13-12(14)11-7-6-9-4-2-3-5-10(9)8-11/h9-11H,2-8H2,1H3,(H,13,14). The average molecular weight is 211 g/mol. The summed E-state index contributed by atoms with van der Waals surface area (Å²) in [5, 5.41) is 0. The van der Waals surface area contributed by atoms with E-state index < -0.39 is 0 Å². The van der Waals surface area contributed by atoms with Gasteiger partial charge in [0, 0.05) is 5.92 Å². The number of carbonyl (C=O) groups is 1. The van der Waals surface area contributed by atoms with Crippen molar-refractivity contribution in [2.75, 3.05) is 7.11 Å². The summed E-state index contributed by atoms with van der Waals surface area (Å²) in [6.07, 6.45) is 8.86. The van der Waals surface area contributed by atoms with Gasteiger partial charge in [0.05, 0.1) is 7.11 Å². The van der Waals surface area contributed by atoms with Gasteiger partial charge in [0.1, 0.15) is 0 Å². The first-order chi connectivity index (χ1) is 7.31. The van der Waals surface area contributed by atoms with Gasteiger partial charge in [-0.2, -0.15) is 0 Å². The van der Waals surface area contributed by atoms with Crippen LogP contribution in [0.5, 0.6) is 0 Å². The molecule has 0 saturated heterocycles. The van der Waals surface area contributed by atoms with Gasteiger partial charge in [-0.15, -0.1) is 0 Å². The van der Waals surface area contributed by atoms with E-state index in [-0.39, 0.29) is 11.8 Å². The third-order valence-electron chi connectivity index (χ3n) is 4.11. The van der Waals surface area contributed by atoms with Crippen molar-refractivity contribution >= 4 is 5.91 Å². The monoisotopic (exact) mass is 211 g/mol. The maximum atomic E-state index is 11.6. The van der Waals surface area contributed by atoms with Gasteiger partial charge in [0.2, 0.25) is 5.91 Å². The molecule has 0 bridgehead atoms. The number of hydrogen-bond acceptors (Lipinski definition) is 2. The summed E-state index contributed by atoms with van der Waals surface area (Å²) in [6.45, 7) is 0. The van der Waals surface area contributed by atoms with Crippen molar-refractivity contribution in [3.63, 3.8) is 0 Å². The first-order valence-electron chi connectivity index (χ1n) is 6.14. The summed E-state index contributed by atoms with van der Waals surface area (Å²) < 4.78 is 0. The van der Waals surface area contributed by atoms with Crippen LogP contribution in [0.2, 0.25) is 0 Å². The Kier molecular flexibility index (Phi) is 3.62. The number of carbonyl (C=O) groups excluding carboxylic acids is 1. The summed E-state index contributed by atoms with van der Waals surface area (Å²) in [6, 6.07) is 0.